The zero-order valence-electron chi connectivity index (χ0n) is 20.1. The Bertz CT molecular complexity index is 1200. The number of methoxy groups -OCH3 is 3. The number of aromatic nitrogens is 2. The quantitative estimate of drug-likeness (QED) is 0.483. The van der Waals surface area contributed by atoms with E-state index in [1.54, 1.807) is 6.07 Å². The number of rotatable bonds is 7. The van der Waals surface area contributed by atoms with Crippen molar-refractivity contribution in [2.75, 3.05) is 38.5 Å². The van der Waals surface area contributed by atoms with E-state index in [1.807, 2.05) is 6.92 Å². The minimum atomic E-state index is -1.55. The molecule has 0 saturated heterocycles. The highest BCUT2D eigenvalue weighted by molar-refractivity contribution is 6.91. The van der Waals surface area contributed by atoms with Crippen LogP contribution in [0.15, 0.2) is 28.7 Å². The number of carbonyl (C=O) groups is 1. The molecule has 0 bridgehead atoms. The van der Waals surface area contributed by atoms with Crippen LogP contribution in [0.1, 0.15) is 16.1 Å². The molecule has 0 saturated carbocycles. The van der Waals surface area contributed by atoms with Crippen molar-refractivity contribution >= 4 is 30.5 Å². The van der Waals surface area contributed by atoms with Crippen LogP contribution in [-0.2, 0) is 0 Å². The molecule has 0 radical (unpaired) electrons. The van der Waals surface area contributed by atoms with Crippen LogP contribution in [0.2, 0.25) is 19.1 Å². The first-order valence-corrected chi connectivity index (χ1v) is 14.0. The summed E-state index contributed by atoms with van der Waals surface area (Å²) in [6.45, 7) is 7.69. The lowest BCUT2D eigenvalue weighted by Crippen LogP contribution is -2.47. The Labute approximate surface area is 198 Å². The molecule has 1 aromatic carbocycles. The highest BCUT2D eigenvalue weighted by Gasteiger charge is 2.30. The van der Waals surface area contributed by atoms with Gasteiger partial charge >= 0.3 is 6.01 Å². The van der Waals surface area contributed by atoms with Crippen LogP contribution in [0.4, 0.5) is 11.4 Å². The fraction of sp³-hybridized carbons (Fsp3) is 0.348. The molecule has 0 atom stereocenters. The summed E-state index contributed by atoms with van der Waals surface area (Å²) in [5.74, 6) is 0.593. The largest absolute Gasteiger partial charge is 0.479 e. The lowest BCUT2D eigenvalue weighted by Gasteiger charge is -2.32. The highest BCUT2D eigenvalue weighted by atomic mass is 28.3. The Morgan fingerprint density at radius 1 is 1.09 bits per heavy atom. The minimum absolute atomic E-state index is 0.0434. The maximum atomic E-state index is 12.9. The number of fused-ring (bicyclic) bond motifs is 1. The van der Waals surface area contributed by atoms with Gasteiger partial charge in [0.1, 0.15) is 5.75 Å². The van der Waals surface area contributed by atoms with Gasteiger partial charge in [-0.3, -0.25) is 4.79 Å². The predicted octanol–water partition coefficient (Wildman–Crippen LogP) is 3.79. The topological polar surface area (TPSA) is 117 Å². The molecule has 0 unspecified atom stereocenters. The van der Waals surface area contributed by atoms with Gasteiger partial charge in [0.15, 0.2) is 11.4 Å². The number of hydrogen-bond donors (Lipinski definition) is 2. The second-order valence-electron chi connectivity index (χ2n) is 8.50. The maximum absolute atomic E-state index is 12.9. The van der Waals surface area contributed by atoms with Crippen molar-refractivity contribution in [2.45, 2.75) is 26.1 Å². The van der Waals surface area contributed by atoms with Gasteiger partial charge in [0.05, 0.1) is 29.4 Å². The normalized spacial score (nSPS) is 13.9. The summed E-state index contributed by atoms with van der Waals surface area (Å²) in [6, 6.07) is 8.54. The number of benzene rings is 1. The molecule has 10 nitrogen and oxygen atoms in total. The molecule has 4 rings (SSSR count). The summed E-state index contributed by atoms with van der Waals surface area (Å²) in [4.78, 5) is 21.0. The third-order valence-electron chi connectivity index (χ3n) is 5.76. The number of nitrogens with zero attached hydrogens (tertiary/aromatic N) is 2. The van der Waals surface area contributed by atoms with Gasteiger partial charge in [-0.15, -0.1) is 0 Å². The van der Waals surface area contributed by atoms with Crippen LogP contribution >= 0.6 is 0 Å². The SMILES string of the molecule is COc1nc(OC)c(NC(=O)c2ccc(Oc3cc4c(cc3C)NCC[Si]4(C)C)o2)c(OC)n1. The maximum Gasteiger partial charge on any atom is 0.322 e. The first-order valence-electron chi connectivity index (χ1n) is 10.8. The van der Waals surface area contributed by atoms with Crippen molar-refractivity contribution in [1.82, 2.24) is 9.97 Å². The molecule has 3 heterocycles. The van der Waals surface area contributed by atoms with E-state index in [4.69, 9.17) is 23.4 Å². The number of hydrogen-bond acceptors (Lipinski definition) is 9. The van der Waals surface area contributed by atoms with Crippen LogP contribution < -0.4 is 34.8 Å². The van der Waals surface area contributed by atoms with Gasteiger partial charge < -0.3 is 34.0 Å². The molecule has 3 aromatic rings. The van der Waals surface area contributed by atoms with Crippen LogP contribution in [-0.4, -0.2) is 51.8 Å². The molecule has 1 aliphatic heterocycles. The van der Waals surface area contributed by atoms with E-state index < -0.39 is 14.0 Å². The Kier molecular flexibility index (Phi) is 6.38. The zero-order valence-corrected chi connectivity index (χ0v) is 21.1. The van der Waals surface area contributed by atoms with Crippen molar-refractivity contribution < 1.29 is 28.2 Å². The van der Waals surface area contributed by atoms with Gasteiger partial charge in [0.25, 0.3) is 11.9 Å². The van der Waals surface area contributed by atoms with Gasteiger partial charge in [-0.1, -0.05) is 13.1 Å². The lowest BCUT2D eigenvalue weighted by molar-refractivity contribution is 0.0990. The van der Waals surface area contributed by atoms with Gasteiger partial charge in [-0.25, -0.2) is 0 Å². The van der Waals surface area contributed by atoms with Gasteiger partial charge in [0.2, 0.25) is 11.8 Å². The predicted molar refractivity (Wildman–Crippen MR) is 130 cm³/mol. The number of amides is 1. The molecular weight excluding hydrogens is 456 g/mol. The van der Waals surface area contributed by atoms with Gasteiger partial charge in [0, 0.05) is 18.3 Å². The molecule has 2 N–H and O–H groups in total. The van der Waals surface area contributed by atoms with Crippen LogP contribution in [0.5, 0.6) is 29.5 Å². The molecule has 1 amide bonds. The average molecular weight is 485 g/mol. The Morgan fingerprint density at radius 3 is 2.44 bits per heavy atom. The monoisotopic (exact) mass is 484 g/mol. The van der Waals surface area contributed by atoms with Gasteiger partial charge in [-0.2, -0.15) is 9.97 Å². The fourth-order valence-corrected chi connectivity index (χ4v) is 6.26. The summed E-state index contributed by atoms with van der Waals surface area (Å²) in [6.07, 6.45) is 0. The second kappa shape index (κ2) is 9.25. The van der Waals surface area contributed by atoms with E-state index in [9.17, 15) is 4.79 Å². The van der Waals surface area contributed by atoms with Crippen LogP contribution in [0.25, 0.3) is 0 Å². The number of anilines is 2. The van der Waals surface area contributed by atoms with E-state index in [1.165, 1.54) is 38.3 Å². The molecule has 180 valence electrons. The third kappa shape index (κ3) is 4.51. The van der Waals surface area contributed by atoms with Gasteiger partial charge in [-0.05, 0) is 41.9 Å². The highest BCUT2D eigenvalue weighted by Crippen LogP contribution is 2.35. The van der Waals surface area contributed by atoms with E-state index in [0.717, 1.165) is 18.2 Å². The number of furan rings is 1. The zero-order chi connectivity index (χ0) is 24.5. The number of aryl methyl sites for hydroxylation is 1. The molecule has 11 heteroatoms. The van der Waals surface area contributed by atoms with E-state index >= 15 is 0 Å². The van der Waals surface area contributed by atoms with E-state index in [-0.39, 0.29) is 35.2 Å². The Morgan fingerprint density at radius 2 is 1.79 bits per heavy atom. The molecule has 0 aliphatic carbocycles. The van der Waals surface area contributed by atoms with Crippen molar-refractivity contribution in [1.29, 1.82) is 0 Å². The molecular formula is C23H28N4O6Si. The van der Waals surface area contributed by atoms with Crippen molar-refractivity contribution in [3.05, 3.63) is 35.6 Å². The van der Waals surface area contributed by atoms with Crippen LogP contribution in [0, 0.1) is 6.92 Å². The third-order valence-corrected chi connectivity index (χ3v) is 9.13. The molecule has 0 spiro atoms. The van der Waals surface area contributed by atoms with Crippen molar-refractivity contribution in [3.8, 4) is 29.5 Å². The smallest absolute Gasteiger partial charge is 0.322 e. The summed E-state index contributed by atoms with van der Waals surface area (Å²) < 4.78 is 27.2. The fourth-order valence-electron chi connectivity index (χ4n) is 3.82. The first kappa shape index (κ1) is 23.4. The standard InChI is InChI=1S/C23H28N4O6Si/c1-13-11-14-17(34(5,6)10-9-24-14)12-16(13)33-18-8-7-15(32-18)20(28)25-19-21(29-2)26-23(31-4)27-22(19)30-3/h7-8,11-12,24H,9-10H2,1-6H3,(H,25,28). The molecule has 0 fully saturated rings. The summed E-state index contributed by atoms with van der Waals surface area (Å²) >= 11 is 0. The average Bonchev–Trinajstić information content (AvgIpc) is 3.28. The second-order valence-corrected chi connectivity index (χ2v) is 13.3. The first-order chi connectivity index (χ1) is 16.2. The number of ether oxygens (including phenoxy) is 4. The summed E-state index contributed by atoms with van der Waals surface area (Å²) in [7, 11) is 2.70. The molecule has 34 heavy (non-hydrogen) atoms. The molecule has 2 aromatic heterocycles. The number of carbonyl (C=O) groups excluding carboxylic acids is 1. The Hall–Kier alpha value is -3.73. The summed E-state index contributed by atoms with van der Waals surface area (Å²) in [5, 5.41) is 7.47. The lowest BCUT2D eigenvalue weighted by atomic mass is 10.2. The van der Waals surface area contributed by atoms with Crippen LogP contribution in [0.3, 0.4) is 0 Å². The van der Waals surface area contributed by atoms with Crippen molar-refractivity contribution in [3.63, 3.8) is 0 Å². The van der Waals surface area contributed by atoms with Crippen molar-refractivity contribution in [2.24, 2.45) is 0 Å². The molecule has 1 aliphatic rings. The summed E-state index contributed by atoms with van der Waals surface area (Å²) in [5.41, 5.74) is 2.31. The number of nitrogens with one attached hydrogen (secondary N) is 2. The van der Waals surface area contributed by atoms with E-state index in [2.05, 4.69) is 45.8 Å². The van der Waals surface area contributed by atoms with E-state index in [0.29, 0.717) is 5.75 Å². The Balaban J connectivity index is 1.56. The minimum Gasteiger partial charge on any atom is -0.479 e.